The van der Waals surface area contributed by atoms with Gasteiger partial charge in [-0.1, -0.05) is 6.92 Å². The molecule has 0 saturated carbocycles. The quantitative estimate of drug-likeness (QED) is 0.582. The molecule has 0 aromatic carbocycles. The number of hydrogen-bond acceptors (Lipinski definition) is 2. The molecule has 0 spiro atoms. The van der Waals surface area contributed by atoms with Gasteiger partial charge in [-0.2, -0.15) is 8.78 Å². The second kappa shape index (κ2) is 3.25. The van der Waals surface area contributed by atoms with Crippen molar-refractivity contribution in [2.75, 3.05) is 12.8 Å². The van der Waals surface area contributed by atoms with E-state index in [2.05, 4.69) is 0 Å². The first-order valence-electron chi connectivity index (χ1n) is 2.64. The molecule has 0 aliphatic heterocycles. The van der Waals surface area contributed by atoms with Gasteiger partial charge in [-0.05, 0) is 0 Å². The first-order valence-corrected chi connectivity index (χ1v) is 4.49. The van der Waals surface area contributed by atoms with Crippen LogP contribution in [0.3, 0.4) is 0 Å². The van der Waals surface area contributed by atoms with E-state index in [9.17, 15) is 17.2 Å². The third-order valence-electron chi connectivity index (χ3n) is 0.955. The Labute approximate surface area is 58.7 Å². The fourth-order valence-corrected chi connectivity index (χ4v) is 1.28. The fraction of sp³-hybridized carbons (Fsp3) is 1.00. The summed E-state index contributed by atoms with van der Waals surface area (Å²) in [4.78, 5) is 0. The molecule has 0 atom stereocenters. The Morgan fingerprint density at radius 2 is 1.90 bits per heavy atom. The van der Waals surface area contributed by atoms with Crippen molar-refractivity contribution in [2.45, 2.75) is 13.5 Å². The van der Waals surface area contributed by atoms with E-state index < -0.39 is 16.6 Å². The monoisotopic (exact) mass is 173 g/mol. The van der Waals surface area contributed by atoms with Gasteiger partial charge in [-0.25, -0.2) is 8.42 Å². The minimum atomic E-state index is -3.73. The van der Waals surface area contributed by atoms with E-state index in [1.807, 2.05) is 0 Å². The molecule has 0 unspecified atom stereocenters. The van der Waals surface area contributed by atoms with Gasteiger partial charge in [0, 0.05) is 6.54 Å². The second-order valence-corrected chi connectivity index (χ2v) is 3.68. The van der Waals surface area contributed by atoms with Crippen LogP contribution in [0.2, 0.25) is 0 Å². The van der Waals surface area contributed by atoms with Crippen molar-refractivity contribution >= 4 is 10.0 Å². The Hall–Kier alpha value is -0.230. The molecule has 0 aliphatic rings. The summed E-state index contributed by atoms with van der Waals surface area (Å²) in [7, 11) is -3.73. The highest BCUT2D eigenvalue weighted by Crippen LogP contribution is 2.06. The summed E-state index contributed by atoms with van der Waals surface area (Å²) in [6.45, 7) is -1.77. The van der Waals surface area contributed by atoms with E-state index in [-0.39, 0.29) is 10.8 Å². The number of halogens is 2. The summed E-state index contributed by atoms with van der Waals surface area (Å²) in [5.74, 6) is 0. The lowest BCUT2D eigenvalue weighted by atomic mass is 10.8. The number of rotatable bonds is 3. The van der Waals surface area contributed by atoms with Crippen LogP contribution in [0, 0.1) is 0 Å². The number of hydrogen-bond donors (Lipinski definition) is 0. The lowest BCUT2D eigenvalue weighted by molar-refractivity contribution is 0.0349. The molecule has 0 aliphatic carbocycles. The lowest BCUT2D eigenvalue weighted by Gasteiger charge is -2.15. The average molecular weight is 173 g/mol. The molecule has 0 fully saturated rings. The zero-order valence-corrected chi connectivity index (χ0v) is 6.53. The minimum Gasteiger partial charge on any atom is -0.212 e. The van der Waals surface area contributed by atoms with E-state index in [1.54, 1.807) is 0 Å². The smallest absolute Gasteiger partial charge is 0.212 e. The van der Waals surface area contributed by atoms with Crippen LogP contribution >= 0.6 is 0 Å². The van der Waals surface area contributed by atoms with Crippen molar-refractivity contribution in [3.05, 3.63) is 0 Å². The Morgan fingerprint density at radius 1 is 1.50 bits per heavy atom. The topological polar surface area (TPSA) is 37.4 Å². The molecule has 0 rings (SSSR count). The average Bonchev–Trinajstić information content (AvgIpc) is 1.60. The molecule has 0 amide bonds. The van der Waals surface area contributed by atoms with Crippen LogP contribution in [-0.4, -0.2) is 32.1 Å². The molecule has 0 N–H and O–H groups in total. The molecule has 6 heteroatoms. The zero-order chi connectivity index (χ0) is 8.36. The molecule has 0 aromatic rings. The van der Waals surface area contributed by atoms with Gasteiger partial charge in [0.1, 0.15) is 0 Å². The first-order chi connectivity index (χ1) is 4.39. The Kier molecular flexibility index (Phi) is 3.17. The normalized spacial score (nSPS) is 13.0. The lowest BCUT2D eigenvalue weighted by Crippen LogP contribution is -2.34. The predicted octanol–water partition coefficient (Wildman–Crippen LogP) is 0.491. The van der Waals surface area contributed by atoms with E-state index in [4.69, 9.17) is 0 Å². The van der Waals surface area contributed by atoms with Gasteiger partial charge >= 0.3 is 6.55 Å². The Bertz CT molecular complexity index is 189. The largest absolute Gasteiger partial charge is 0.307 e. The van der Waals surface area contributed by atoms with Gasteiger partial charge in [0.05, 0.1) is 6.26 Å². The second-order valence-electron chi connectivity index (χ2n) is 1.74. The van der Waals surface area contributed by atoms with Gasteiger partial charge in [0.2, 0.25) is 10.0 Å². The van der Waals surface area contributed by atoms with E-state index in [1.165, 1.54) is 6.92 Å². The van der Waals surface area contributed by atoms with Crippen molar-refractivity contribution in [3.8, 4) is 0 Å². The number of nitrogens with zero attached hydrogens (tertiary/aromatic N) is 1. The molecule has 0 saturated heterocycles. The Balaban J connectivity index is 4.38. The summed E-state index contributed by atoms with van der Waals surface area (Å²) >= 11 is 0. The van der Waals surface area contributed by atoms with Gasteiger partial charge in [-0.15, -0.1) is 4.31 Å². The highest BCUT2D eigenvalue weighted by molar-refractivity contribution is 7.88. The van der Waals surface area contributed by atoms with E-state index in [0.717, 1.165) is 6.26 Å². The molecule has 3 nitrogen and oxygen atoms in total. The first kappa shape index (κ1) is 9.77. The van der Waals surface area contributed by atoms with Crippen molar-refractivity contribution < 1.29 is 17.2 Å². The molecule has 0 bridgehead atoms. The van der Waals surface area contributed by atoms with Crippen LogP contribution in [-0.2, 0) is 10.0 Å². The molecule has 62 valence electrons. The third-order valence-corrected chi connectivity index (χ3v) is 2.22. The van der Waals surface area contributed by atoms with Gasteiger partial charge < -0.3 is 0 Å². The van der Waals surface area contributed by atoms with E-state index >= 15 is 0 Å². The van der Waals surface area contributed by atoms with Crippen molar-refractivity contribution in [1.29, 1.82) is 0 Å². The molecular formula is C4H9F2NO2S. The van der Waals surface area contributed by atoms with Crippen LogP contribution < -0.4 is 0 Å². The van der Waals surface area contributed by atoms with Crippen LogP contribution in [0.1, 0.15) is 6.92 Å². The van der Waals surface area contributed by atoms with E-state index in [0.29, 0.717) is 0 Å². The Morgan fingerprint density at radius 3 is 1.90 bits per heavy atom. The molecule has 0 radical (unpaired) electrons. The fourth-order valence-electron chi connectivity index (χ4n) is 0.517. The number of alkyl halides is 2. The van der Waals surface area contributed by atoms with Crippen LogP contribution in [0.15, 0.2) is 0 Å². The minimum absolute atomic E-state index is 0.118. The summed E-state index contributed by atoms with van der Waals surface area (Å²) in [5.41, 5.74) is 0. The highest BCUT2D eigenvalue weighted by atomic mass is 32.2. The van der Waals surface area contributed by atoms with Crippen molar-refractivity contribution in [3.63, 3.8) is 0 Å². The summed E-state index contributed by atoms with van der Waals surface area (Å²) in [5, 5.41) is 0. The SMILES string of the molecule is CCN(C(F)F)S(C)(=O)=O. The van der Waals surface area contributed by atoms with Crippen molar-refractivity contribution in [2.24, 2.45) is 0 Å². The summed E-state index contributed by atoms with van der Waals surface area (Å²) in [6.07, 6.45) is 0.753. The standard InChI is InChI=1S/C4H9F2NO2S/c1-3-7(4(5)6)10(2,8)9/h4H,3H2,1-2H3. The maximum Gasteiger partial charge on any atom is 0.307 e. The zero-order valence-electron chi connectivity index (χ0n) is 5.71. The van der Waals surface area contributed by atoms with Gasteiger partial charge in [0.25, 0.3) is 0 Å². The number of sulfonamides is 1. The molecular weight excluding hydrogens is 164 g/mol. The maximum atomic E-state index is 11.7. The molecule has 0 aromatic heterocycles. The predicted molar refractivity (Wildman–Crippen MR) is 33.2 cm³/mol. The van der Waals surface area contributed by atoms with Gasteiger partial charge in [0.15, 0.2) is 0 Å². The molecule has 0 heterocycles. The van der Waals surface area contributed by atoms with Crippen LogP contribution in [0.5, 0.6) is 0 Å². The summed E-state index contributed by atoms with van der Waals surface area (Å²) < 4.78 is 44.5. The van der Waals surface area contributed by atoms with Crippen molar-refractivity contribution in [1.82, 2.24) is 4.31 Å². The summed E-state index contributed by atoms with van der Waals surface area (Å²) in [6, 6.07) is 0. The third kappa shape index (κ3) is 2.57. The molecule has 10 heavy (non-hydrogen) atoms. The van der Waals surface area contributed by atoms with Gasteiger partial charge in [-0.3, -0.25) is 0 Å². The highest BCUT2D eigenvalue weighted by Gasteiger charge is 2.23. The van der Waals surface area contributed by atoms with Crippen LogP contribution in [0.25, 0.3) is 0 Å². The maximum absolute atomic E-state index is 11.7. The van der Waals surface area contributed by atoms with Crippen LogP contribution in [0.4, 0.5) is 8.78 Å².